The summed E-state index contributed by atoms with van der Waals surface area (Å²) in [6, 6.07) is 10.7. The van der Waals surface area contributed by atoms with Gasteiger partial charge in [0.15, 0.2) is 0 Å². The highest BCUT2D eigenvalue weighted by molar-refractivity contribution is 5.52. The van der Waals surface area contributed by atoms with Gasteiger partial charge in [-0.25, -0.2) is 0 Å². The van der Waals surface area contributed by atoms with E-state index in [1.165, 1.54) is 5.69 Å². The standard InChI is InChI=1S/C14H19N3/c1-3-16-7-8-17(11-12(16)2)14-6-4-5-13(9-14)10-15/h4-6,9,12H,3,7-8,11H2,1-2H3. The molecule has 3 nitrogen and oxygen atoms in total. The van der Waals surface area contributed by atoms with Crippen molar-refractivity contribution >= 4 is 5.69 Å². The van der Waals surface area contributed by atoms with Crippen molar-refractivity contribution in [3.05, 3.63) is 29.8 Å². The summed E-state index contributed by atoms with van der Waals surface area (Å²) in [5, 5.41) is 8.92. The summed E-state index contributed by atoms with van der Waals surface area (Å²) in [6.45, 7) is 8.80. The van der Waals surface area contributed by atoms with Crippen LogP contribution in [0.15, 0.2) is 24.3 Å². The van der Waals surface area contributed by atoms with E-state index in [4.69, 9.17) is 5.26 Å². The third-order valence-corrected chi connectivity index (χ3v) is 3.51. The highest BCUT2D eigenvalue weighted by Crippen LogP contribution is 2.20. The predicted octanol–water partition coefficient (Wildman–Crippen LogP) is 2.09. The third kappa shape index (κ3) is 2.59. The molecular weight excluding hydrogens is 210 g/mol. The summed E-state index contributed by atoms with van der Waals surface area (Å²) in [5.74, 6) is 0. The Bertz CT molecular complexity index is 422. The van der Waals surface area contributed by atoms with Gasteiger partial charge in [-0.3, -0.25) is 4.90 Å². The first-order chi connectivity index (χ1) is 8.24. The summed E-state index contributed by atoms with van der Waals surface area (Å²) >= 11 is 0. The van der Waals surface area contributed by atoms with Gasteiger partial charge in [0.1, 0.15) is 0 Å². The fourth-order valence-corrected chi connectivity index (χ4v) is 2.47. The molecule has 1 aliphatic heterocycles. The number of hydrogen-bond donors (Lipinski definition) is 0. The molecule has 2 rings (SSSR count). The molecule has 1 aromatic carbocycles. The number of likely N-dealkylation sites (N-methyl/N-ethyl adjacent to an activating group) is 1. The second kappa shape index (κ2) is 5.20. The molecule has 0 radical (unpaired) electrons. The van der Waals surface area contributed by atoms with Crippen LogP contribution in [-0.4, -0.2) is 37.1 Å². The molecule has 1 saturated heterocycles. The average molecular weight is 229 g/mol. The maximum absolute atomic E-state index is 8.92. The highest BCUT2D eigenvalue weighted by atomic mass is 15.3. The number of nitrogens with zero attached hydrogens (tertiary/aromatic N) is 3. The molecule has 0 N–H and O–H groups in total. The molecule has 1 unspecified atom stereocenters. The monoisotopic (exact) mass is 229 g/mol. The Kier molecular flexibility index (Phi) is 3.65. The summed E-state index contributed by atoms with van der Waals surface area (Å²) < 4.78 is 0. The topological polar surface area (TPSA) is 30.3 Å². The summed E-state index contributed by atoms with van der Waals surface area (Å²) in [7, 11) is 0. The van der Waals surface area contributed by atoms with Gasteiger partial charge < -0.3 is 4.90 Å². The van der Waals surface area contributed by atoms with E-state index in [-0.39, 0.29) is 0 Å². The largest absolute Gasteiger partial charge is 0.369 e. The molecule has 1 aromatic rings. The Hall–Kier alpha value is -1.53. The lowest BCUT2D eigenvalue weighted by Crippen LogP contribution is -2.51. The number of benzene rings is 1. The van der Waals surface area contributed by atoms with Gasteiger partial charge in [0.25, 0.3) is 0 Å². The van der Waals surface area contributed by atoms with Crippen LogP contribution in [-0.2, 0) is 0 Å². The molecule has 0 saturated carbocycles. The molecule has 0 aromatic heterocycles. The molecule has 17 heavy (non-hydrogen) atoms. The lowest BCUT2D eigenvalue weighted by atomic mass is 10.1. The van der Waals surface area contributed by atoms with Crippen LogP contribution in [0.1, 0.15) is 19.4 Å². The van der Waals surface area contributed by atoms with E-state index < -0.39 is 0 Å². The van der Waals surface area contributed by atoms with Crippen LogP contribution in [0.3, 0.4) is 0 Å². The number of nitriles is 1. The fraction of sp³-hybridized carbons (Fsp3) is 0.500. The third-order valence-electron chi connectivity index (χ3n) is 3.51. The van der Waals surface area contributed by atoms with E-state index in [1.54, 1.807) is 0 Å². The second-order valence-electron chi connectivity index (χ2n) is 4.59. The second-order valence-corrected chi connectivity index (χ2v) is 4.59. The molecule has 1 fully saturated rings. The lowest BCUT2D eigenvalue weighted by Gasteiger charge is -2.40. The van der Waals surface area contributed by atoms with E-state index in [1.807, 2.05) is 18.2 Å². The summed E-state index contributed by atoms with van der Waals surface area (Å²) in [5.41, 5.74) is 1.92. The molecule has 0 aliphatic carbocycles. The van der Waals surface area contributed by atoms with Crippen LogP contribution in [0.25, 0.3) is 0 Å². The zero-order chi connectivity index (χ0) is 12.3. The molecule has 1 atom stereocenters. The van der Waals surface area contributed by atoms with Crippen LogP contribution in [0, 0.1) is 11.3 Å². The minimum Gasteiger partial charge on any atom is -0.369 e. The molecule has 1 heterocycles. The number of hydrogen-bond acceptors (Lipinski definition) is 3. The Balaban J connectivity index is 2.11. The van der Waals surface area contributed by atoms with Crippen molar-refractivity contribution < 1.29 is 0 Å². The van der Waals surface area contributed by atoms with Crippen molar-refractivity contribution in [3.63, 3.8) is 0 Å². The molecule has 0 bridgehead atoms. The van der Waals surface area contributed by atoms with Crippen LogP contribution in [0.4, 0.5) is 5.69 Å². The van der Waals surface area contributed by atoms with Gasteiger partial charge in [-0.2, -0.15) is 5.26 Å². The van der Waals surface area contributed by atoms with E-state index in [9.17, 15) is 0 Å². The lowest BCUT2D eigenvalue weighted by molar-refractivity contribution is 0.199. The minimum atomic E-state index is 0.583. The molecule has 3 heteroatoms. The SMILES string of the molecule is CCN1CCN(c2cccc(C#N)c2)CC1C. The average Bonchev–Trinajstić information content (AvgIpc) is 2.38. The first-order valence-electron chi connectivity index (χ1n) is 6.23. The van der Waals surface area contributed by atoms with Gasteiger partial charge in [0.2, 0.25) is 0 Å². The van der Waals surface area contributed by atoms with E-state index in [0.29, 0.717) is 6.04 Å². The van der Waals surface area contributed by atoms with E-state index >= 15 is 0 Å². The van der Waals surface area contributed by atoms with E-state index in [0.717, 1.165) is 31.7 Å². The smallest absolute Gasteiger partial charge is 0.0992 e. The molecule has 90 valence electrons. The van der Waals surface area contributed by atoms with Crippen LogP contribution in [0.2, 0.25) is 0 Å². The summed E-state index contributed by atoms with van der Waals surface area (Å²) in [6.07, 6.45) is 0. The molecular formula is C14H19N3. The predicted molar refractivity (Wildman–Crippen MR) is 70.1 cm³/mol. The van der Waals surface area contributed by atoms with Gasteiger partial charge in [0.05, 0.1) is 11.6 Å². The van der Waals surface area contributed by atoms with Crippen molar-refractivity contribution in [2.45, 2.75) is 19.9 Å². The van der Waals surface area contributed by atoms with Crippen molar-refractivity contribution in [3.8, 4) is 6.07 Å². The van der Waals surface area contributed by atoms with Crippen molar-refractivity contribution in [2.75, 3.05) is 31.1 Å². The van der Waals surface area contributed by atoms with Gasteiger partial charge in [0, 0.05) is 31.4 Å². The zero-order valence-electron chi connectivity index (χ0n) is 10.6. The first kappa shape index (κ1) is 11.9. The Morgan fingerprint density at radius 1 is 1.41 bits per heavy atom. The maximum atomic E-state index is 8.92. The molecule has 0 spiro atoms. The number of anilines is 1. The summed E-state index contributed by atoms with van der Waals surface area (Å²) in [4.78, 5) is 4.86. The Labute approximate surface area is 103 Å². The van der Waals surface area contributed by atoms with Crippen molar-refractivity contribution in [1.82, 2.24) is 4.90 Å². The highest BCUT2D eigenvalue weighted by Gasteiger charge is 2.22. The normalized spacial score (nSPS) is 21.2. The van der Waals surface area contributed by atoms with Gasteiger partial charge in [-0.15, -0.1) is 0 Å². The zero-order valence-corrected chi connectivity index (χ0v) is 10.6. The number of piperazine rings is 1. The van der Waals surface area contributed by atoms with Crippen LogP contribution < -0.4 is 4.90 Å². The van der Waals surface area contributed by atoms with Gasteiger partial charge in [-0.1, -0.05) is 13.0 Å². The Morgan fingerprint density at radius 2 is 2.24 bits per heavy atom. The minimum absolute atomic E-state index is 0.583. The van der Waals surface area contributed by atoms with E-state index in [2.05, 4.69) is 35.8 Å². The van der Waals surface area contributed by atoms with Crippen molar-refractivity contribution in [2.24, 2.45) is 0 Å². The molecule has 0 amide bonds. The Morgan fingerprint density at radius 3 is 2.88 bits per heavy atom. The first-order valence-corrected chi connectivity index (χ1v) is 6.23. The molecule has 1 aliphatic rings. The fourth-order valence-electron chi connectivity index (χ4n) is 2.47. The van der Waals surface area contributed by atoms with Crippen LogP contribution in [0.5, 0.6) is 0 Å². The maximum Gasteiger partial charge on any atom is 0.0992 e. The van der Waals surface area contributed by atoms with Crippen molar-refractivity contribution in [1.29, 1.82) is 5.26 Å². The van der Waals surface area contributed by atoms with Gasteiger partial charge >= 0.3 is 0 Å². The number of rotatable bonds is 2. The van der Waals surface area contributed by atoms with Crippen LogP contribution >= 0.6 is 0 Å². The van der Waals surface area contributed by atoms with Gasteiger partial charge in [-0.05, 0) is 31.7 Å². The quantitative estimate of drug-likeness (QED) is 0.778.